The van der Waals surface area contributed by atoms with E-state index < -0.39 is 0 Å². The lowest BCUT2D eigenvalue weighted by atomic mass is 9.73. The first kappa shape index (κ1) is 22.6. The molecule has 3 rings (SSSR count). The summed E-state index contributed by atoms with van der Waals surface area (Å²) in [6.07, 6.45) is 9.53. The molecule has 8 heteroatoms. The summed E-state index contributed by atoms with van der Waals surface area (Å²) in [4.78, 5) is 21.8. The highest BCUT2D eigenvalue weighted by Crippen LogP contribution is 2.41. The van der Waals surface area contributed by atoms with Crippen LogP contribution < -0.4 is 16.0 Å². The van der Waals surface area contributed by atoms with Gasteiger partial charge in [-0.1, -0.05) is 25.3 Å². The van der Waals surface area contributed by atoms with Gasteiger partial charge in [0.2, 0.25) is 5.91 Å². The van der Waals surface area contributed by atoms with Gasteiger partial charge in [-0.3, -0.25) is 14.8 Å². The zero-order chi connectivity index (χ0) is 19.0. The van der Waals surface area contributed by atoms with Gasteiger partial charge in [-0.25, -0.2) is 0 Å². The van der Waals surface area contributed by atoms with Crippen molar-refractivity contribution in [3.63, 3.8) is 0 Å². The number of carbonyl (C=O) groups is 1. The lowest BCUT2D eigenvalue weighted by Crippen LogP contribution is -2.47. The first-order chi connectivity index (χ1) is 13.2. The van der Waals surface area contributed by atoms with Crippen molar-refractivity contribution in [2.75, 3.05) is 25.5 Å². The van der Waals surface area contributed by atoms with Gasteiger partial charge in [-0.05, 0) is 36.4 Å². The summed E-state index contributed by atoms with van der Waals surface area (Å²) in [6, 6.07) is 7.98. The largest absolute Gasteiger partial charge is 0.355 e. The third kappa shape index (κ3) is 6.16. The number of anilines is 1. The van der Waals surface area contributed by atoms with E-state index in [0.717, 1.165) is 6.54 Å². The normalized spacial score (nSPS) is 16.0. The van der Waals surface area contributed by atoms with Gasteiger partial charge < -0.3 is 16.0 Å². The minimum Gasteiger partial charge on any atom is -0.355 e. The Morgan fingerprint density at radius 2 is 2.04 bits per heavy atom. The van der Waals surface area contributed by atoms with Crippen LogP contribution >= 0.6 is 35.3 Å². The number of pyridine rings is 1. The molecule has 0 unspecified atom stereocenters. The molecule has 3 N–H and O–H groups in total. The van der Waals surface area contributed by atoms with Crippen molar-refractivity contribution in [2.24, 2.45) is 4.99 Å². The second kappa shape index (κ2) is 11.4. The van der Waals surface area contributed by atoms with Crippen LogP contribution in [0.25, 0.3) is 0 Å². The van der Waals surface area contributed by atoms with Crippen LogP contribution in [-0.2, 0) is 10.2 Å². The van der Waals surface area contributed by atoms with Crippen molar-refractivity contribution in [3.8, 4) is 0 Å². The lowest BCUT2D eigenvalue weighted by molar-refractivity contribution is -0.115. The van der Waals surface area contributed by atoms with Gasteiger partial charge in [0.15, 0.2) is 5.96 Å². The summed E-state index contributed by atoms with van der Waals surface area (Å²) in [5.41, 5.74) is 0.855. The number of nitrogens with zero attached hydrogens (tertiary/aromatic N) is 2. The van der Waals surface area contributed by atoms with E-state index in [0.29, 0.717) is 11.6 Å². The predicted molar refractivity (Wildman–Crippen MR) is 127 cm³/mol. The average Bonchev–Trinajstić information content (AvgIpc) is 3.25. The fraction of sp³-hybridized carbons (Fsp3) is 0.450. The highest BCUT2D eigenvalue weighted by molar-refractivity contribution is 14.0. The van der Waals surface area contributed by atoms with Crippen LogP contribution in [0.3, 0.4) is 0 Å². The van der Waals surface area contributed by atoms with Crippen LogP contribution in [0.4, 0.5) is 5.69 Å². The molecule has 1 fully saturated rings. The number of guanidine groups is 1. The summed E-state index contributed by atoms with van der Waals surface area (Å²) in [5.74, 6) is 0.523. The van der Waals surface area contributed by atoms with Crippen molar-refractivity contribution < 1.29 is 4.79 Å². The van der Waals surface area contributed by atoms with Gasteiger partial charge in [-0.2, -0.15) is 0 Å². The van der Waals surface area contributed by atoms with Crippen molar-refractivity contribution >= 4 is 52.9 Å². The van der Waals surface area contributed by atoms with Crippen molar-refractivity contribution in [2.45, 2.75) is 37.5 Å². The summed E-state index contributed by atoms with van der Waals surface area (Å²) >= 11 is 1.84. The number of hydrogen-bond acceptors (Lipinski definition) is 4. The van der Waals surface area contributed by atoms with E-state index >= 15 is 0 Å². The predicted octanol–water partition coefficient (Wildman–Crippen LogP) is 3.77. The van der Waals surface area contributed by atoms with Gasteiger partial charge in [0.1, 0.15) is 0 Å². The Morgan fingerprint density at radius 1 is 1.21 bits per heavy atom. The molecule has 1 aliphatic rings. The highest BCUT2D eigenvalue weighted by Gasteiger charge is 2.34. The quantitative estimate of drug-likeness (QED) is 0.312. The number of thiophene rings is 1. The molecular weight excluding hydrogens is 485 g/mol. The topological polar surface area (TPSA) is 78.4 Å². The Bertz CT molecular complexity index is 745. The van der Waals surface area contributed by atoms with E-state index in [1.54, 1.807) is 25.5 Å². The lowest BCUT2D eigenvalue weighted by Gasteiger charge is -2.37. The second-order valence-electron chi connectivity index (χ2n) is 6.89. The summed E-state index contributed by atoms with van der Waals surface area (Å²) < 4.78 is 0. The van der Waals surface area contributed by atoms with Gasteiger partial charge >= 0.3 is 0 Å². The number of aliphatic imine (C=N–C) groups is 1. The highest BCUT2D eigenvalue weighted by atomic mass is 127. The molecule has 1 amide bonds. The minimum atomic E-state index is -0.128. The number of carbonyl (C=O) groups excluding carboxylic acids is 1. The van der Waals surface area contributed by atoms with Gasteiger partial charge in [0, 0.05) is 30.1 Å². The maximum Gasteiger partial charge on any atom is 0.243 e. The first-order valence-electron chi connectivity index (χ1n) is 9.40. The molecule has 28 heavy (non-hydrogen) atoms. The Morgan fingerprint density at radius 3 is 2.68 bits per heavy atom. The number of rotatable bonds is 6. The van der Waals surface area contributed by atoms with E-state index in [4.69, 9.17) is 0 Å². The summed E-state index contributed by atoms with van der Waals surface area (Å²) in [6.45, 7) is 0.984. The molecule has 1 aliphatic carbocycles. The summed E-state index contributed by atoms with van der Waals surface area (Å²) in [7, 11) is 1.73. The molecule has 0 aliphatic heterocycles. The number of halogens is 1. The molecule has 0 radical (unpaired) electrons. The fourth-order valence-electron chi connectivity index (χ4n) is 3.60. The molecule has 0 saturated heterocycles. The second-order valence-corrected chi connectivity index (χ2v) is 7.84. The molecule has 0 spiro atoms. The molecule has 152 valence electrons. The third-order valence-corrected chi connectivity index (χ3v) is 6.15. The van der Waals surface area contributed by atoms with Crippen molar-refractivity contribution in [1.82, 2.24) is 15.6 Å². The number of aromatic nitrogens is 1. The van der Waals surface area contributed by atoms with Crippen LogP contribution in [0, 0.1) is 0 Å². The smallest absolute Gasteiger partial charge is 0.243 e. The maximum atomic E-state index is 12.1. The first-order valence-corrected chi connectivity index (χ1v) is 10.3. The molecule has 2 heterocycles. The zero-order valence-corrected chi connectivity index (χ0v) is 19.3. The minimum absolute atomic E-state index is 0. The molecule has 2 aromatic rings. The SMILES string of the molecule is CN=C(NCC(=O)Nc1cccnc1)NCC1(c2cccs2)CCCCC1.I. The van der Waals surface area contributed by atoms with Crippen LogP contribution in [-0.4, -0.2) is 37.0 Å². The van der Waals surface area contributed by atoms with Crippen LogP contribution in [0.5, 0.6) is 0 Å². The van der Waals surface area contributed by atoms with E-state index in [9.17, 15) is 4.79 Å². The monoisotopic (exact) mass is 513 g/mol. The molecule has 0 atom stereocenters. The summed E-state index contributed by atoms with van der Waals surface area (Å²) in [5, 5.41) is 11.5. The third-order valence-electron chi connectivity index (χ3n) is 5.03. The van der Waals surface area contributed by atoms with Crippen molar-refractivity contribution in [1.29, 1.82) is 0 Å². The van der Waals surface area contributed by atoms with Crippen LogP contribution in [0.2, 0.25) is 0 Å². The van der Waals surface area contributed by atoms with E-state index in [-0.39, 0.29) is 41.8 Å². The average molecular weight is 513 g/mol. The molecule has 0 aromatic carbocycles. The Labute approximate surface area is 187 Å². The Balaban J connectivity index is 0.00000280. The van der Waals surface area contributed by atoms with Crippen LogP contribution in [0.1, 0.15) is 37.0 Å². The molecular formula is C20H28IN5OS. The standard InChI is InChI=1S/C20H27N5OS.HI/c1-21-19(23-14-18(26)25-16-7-5-11-22-13-16)24-15-20(9-3-2-4-10-20)17-8-6-12-27-17;/h5-8,11-13H,2-4,9-10,14-15H2,1H3,(H,25,26)(H2,21,23,24);1H. The van der Waals surface area contributed by atoms with Crippen molar-refractivity contribution in [3.05, 3.63) is 46.9 Å². The van der Waals surface area contributed by atoms with Crippen LogP contribution in [0.15, 0.2) is 47.0 Å². The fourth-order valence-corrected chi connectivity index (χ4v) is 4.59. The Kier molecular flexibility index (Phi) is 9.17. The van der Waals surface area contributed by atoms with E-state index in [1.807, 2.05) is 17.4 Å². The van der Waals surface area contributed by atoms with Gasteiger partial charge in [-0.15, -0.1) is 35.3 Å². The number of nitrogens with one attached hydrogen (secondary N) is 3. The van der Waals surface area contributed by atoms with Gasteiger partial charge in [0.05, 0.1) is 18.4 Å². The number of hydrogen-bond donors (Lipinski definition) is 3. The van der Waals surface area contributed by atoms with E-state index in [2.05, 4.69) is 43.4 Å². The molecule has 2 aromatic heterocycles. The molecule has 1 saturated carbocycles. The van der Waals surface area contributed by atoms with E-state index in [1.165, 1.54) is 37.0 Å². The number of amides is 1. The zero-order valence-electron chi connectivity index (χ0n) is 16.1. The van der Waals surface area contributed by atoms with Gasteiger partial charge in [0.25, 0.3) is 0 Å². The molecule has 0 bridgehead atoms. The Hall–Kier alpha value is -1.68. The maximum absolute atomic E-state index is 12.1. The molecule has 6 nitrogen and oxygen atoms in total.